The van der Waals surface area contributed by atoms with Gasteiger partial charge in [-0.1, -0.05) is 24.6 Å². The summed E-state index contributed by atoms with van der Waals surface area (Å²) < 4.78 is 0.787. The van der Waals surface area contributed by atoms with Crippen molar-refractivity contribution in [2.24, 2.45) is 0 Å². The van der Waals surface area contributed by atoms with E-state index in [1.165, 1.54) is 0 Å². The number of carbonyl (C=O) groups excluding carboxylic acids is 1. The minimum atomic E-state index is -0.0327. The molecule has 1 heterocycles. The van der Waals surface area contributed by atoms with Gasteiger partial charge in [0.15, 0.2) is 0 Å². The molecule has 5 heteroatoms. The fourth-order valence-electron chi connectivity index (χ4n) is 1.75. The molecule has 2 aromatic rings. The Morgan fingerprint density at radius 2 is 2.15 bits per heavy atom. The van der Waals surface area contributed by atoms with Crippen molar-refractivity contribution >= 4 is 34.5 Å². The van der Waals surface area contributed by atoms with Gasteiger partial charge >= 0.3 is 0 Å². The Kier molecular flexibility index (Phi) is 5.44. The third-order valence-electron chi connectivity index (χ3n) is 2.76. The van der Waals surface area contributed by atoms with E-state index in [2.05, 4.69) is 10.6 Å². The maximum Gasteiger partial charge on any atom is 0.251 e. The van der Waals surface area contributed by atoms with Gasteiger partial charge in [-0.15, -0.1) is 11.3 Å². The van der Waals surface area contributed by atoms with E-state index >= 15 is 0 Å². The number of hydrogen-bond acceptors (Lipinski definition) is 3. The van der Waals surface area contributed by atoms with E-state index < -0.39 is 0 Å². The van der Waals surface area contributed by atoms with E-state index in [4.69, 9.17) is 11.6 Å². The predicted molar refractivity (Wildman–Crippen MR) is 85.7 cm³/mol. The summed E-state index contributed by atoms with van der Waals surface area (Å²) in [4.78, 5) is 13.0. The Bertz CT molecular complexity index is 583. The summed E-state index contributed by atoms with van der Waals surface area (Å²) in [5.74, 6) is -0.0327. The summed E-state index contributed by atoms with van der Waals surface area (Å²) in [5.41, 5.74) is 1.60. The predicted octanol–water partition coefficient (Wildman–Crippen LogP) is 4.15. The van der Waals surface area contributed by atoms with E-state index in [0.29, 0.717) is 18.7 Å². The summed E-state index contributed by atoms with van der Waals surface area (Å²) in [7, 11) is 0. The monoisotopic (exact) mass is 308 g/mol. The number of benzene rings is 1. The van der Waals surface area contributed by atoms with Crippen LogP contribution in [0, 0.1) is 0 Å². The van der Waals surface area contributed by atoms with Crippen LogP contribution in [-0.4, -0.2) is 12.5 Å². The van der Waals surface area contributed by atoms with Crippen LogP contribution in [0.4, 0.5) is 5.69 Å². The van der Waals surface area contributed by atoms with Gasteiger partial charge in [-0.2, -0.15) is 0 Å². The van der Waals surface area contributed by atoms with Crippen molar-refractivity contribution in [2.45, 2.75) is 19.9 Å². The number of halogens is 1. The molecule has 0 saturated carbocycles. The molecule has 0 aliphatic heterocycles. The fourth-order valence-corrected chi connectivity index (χ4v) is 2.77. The molecule has 106 valence electrons. The highest BCUT2D eigenvalue weighted by Gasteiger charge is 2.05. The van der Waals surface area contributed by atoms with Crippen LogP contribution >= 0.6 is 22.9 Å². The molecule has 0 spiro atoms. The molecule has 1 aromatic heterocycles. The molecule has 20 heavy (non-hydrogen) atoms. The lowest BCUT2D eigenvalue weighted by atomic mass is 10.2. The van der Waals surface area contributed by atoms with Gasteiger partial charge in [0.1, 0.15) is 0 Å². The summed E-state index contributed by atoms with van der Waals surface area (Å²) in [6.07, 6.45) is 0.933. The van der Waals surface area contributed by atoms with Crippen LogP contribution < -0.4 is 10.6 Å². The maximum absolute atomic E-state index is 11.9. The Labute approximate surface area is 128 Å². The summed E-state index contributed by atoms with van der Waals surface area (Å²) in [6.45, 7) is 3.44. The standard InChI is InChI=1S/C15H17ClN2OS/c1-2-8-17-15(19)11-4-3-5-12(9-11)18-10-13-6-7-14(16)20-13/h3-7,9,18H,2,8,10H2,1H3,(H,17,19). The molecular weight excluding hydrogens is 292 g/mol. The first-order valence-electron chi connectivity index (χ1n) is 6.55. The fraction of sp³-hybridized carbons (Fsp3) is 0.267. The van der Waals surface area contributed by atoms with Crippen molar-refractivity contribution in [3.63, 3.8) is 0 Å². The van der Waals surface area contributed by atoms with E-state index in [1.807, 2.05) is 43.3 Å². The van der Waals surface area contributed by atoms with Crippen LogP contribution in [0.1, 0.15) is 28.6 Å². The number of rotatable bonds is 6. The lowest BCUT2D eigenvalue weighted by Gasteiger charge is -2.08. The van der Waals surface area contributed by atoms with Gasteiger partial charge in [-0.3, -0.25) is 4.79 Å². The van der Waals surface area contributed by atoms with E-state index in [0.717, 1.165) is 21.3 Å². The summed E-state index contributed by atoms with van der Waals surface area (Å²) in [5, 5.41) is 6.17. The molecule has 2 N–H and O–H groups in total. The third-order valence-corrected chi connectivity index (χ3v) is 3.99. The number of carbonyl (C=O) groups is 1. The van der Waals surface area contributed by atoms with Crippen molar-refractivity contribution < 1.29 is 4.79 Å². The van der Waals surface area contributed by atoms with Crippen molar-refractivity contribution in [3.05, 3.63) is 51.2 Å². The quantitative estimate of drug-likeness (QED) is 0.841. The van der Waals surface area contributed by atoms with Crippen molar-refractivity contribution in [1.82, 2.24) is 5.32 Å². The Morgan fingerprint density at radius 3 is 2.85 bits per heavy atom. The minimum Gasteiger partial charge on any atom is -0.380 e. The first-order valence-corrected chi connectivity index (χ1v) is 7.75. The Balaban J connectivity index is 1.97. The molecule has 0 saturated heterocycles. The molecule has 0 atom stereocenters. The maximum atomic E-state index is 11.9. The lowest BCUT2D eigenvalue weighted by molar-refractivity contribution is 0.0953. The summed E-state index contributed by atoms with van der Waals surface area (Å²) >= 11 is 7.45. The molecule has 0 bridgehead atoms. The van der Waals surface area contributed by atoms with Crippen LogP contribution in [0.15, 0.2) is 36.4 Å². The average Bonchev–Trinajstić information content (AvgIpc) is 2.88. The van der Waals surface area contributed by atoms with Gasteiger partial charge < -0.3 is 10.6 Å². The van der Waals surface area contributed by atoms with Crippen LogP contribution in [-0.2, 0) is 6.54 Å². The zero-order valence-electron chi connectivity index (χ0n) is 11.3. The number of amides is 1. The second kappa shape index (κ2) is 7.31. The molecule has 3 nitrogen and oxygen atoms in total. The lowest BCUT2D eigenvalue weighted by Crippen LogP contribution is -2.23. The highest BCUT2D eigenvalue weighted by atomic mass is 35.5. The van der Waals surface area contributed by atoms with Gasteiger partial charge in [0, 0.05) is 29.2 Å². The van der Waals surface area contributed by atoms with Crippen molar-refractivity contribution in [3.8, 4) is 0 Å². The van der Waals surface area contributed by atoms with E-state index in [9.17, 15) is 4.79 Å². The van der Waals surface area contributed by atoms with Crippen molar-refractivity contribution in [2.75, 3.05) is 11.9 Å². The highest BCUT2D eigenvalue weighted by molar-refractivity contribution is 7.16. The van der Waals surface area contributed by atoms with E-state index in [1.54, 1.807) is 11.3 Å². The average molecular weight is 309 g/mol. The minimum absolute atomic E-state index is 0.0327. The van der Waals surface area contributed by atoms with Gasteiger partial charge in [0.2, 0.25) is 0 Å². The molecular formula is C15H17ClN2OS. The molecule has 2 rings (SSSR count). The zero-order valence-corrected chi connectivity index (χ0v) is 12.9. The molecule has 0 aliphatic rings. The Morgan fingerprint density at radius 1 is 1.30 bits per heavy atom. The van der Waals surface area contributed by atoms with Gasteiger partial charge in [0.05, 0.1) is 4.34 Å². The Hall–Kier alpha value is -1.52. The second-order valence-corrected chi connectivity index (χ2v) is 6.20. The van der Waals surface area contributed by atoms with Gasteiger partial charge in [-0.05, 0) is 36.8 Å². The molecule has 0 aliphatic carbocycles. The van der Waals surface area contributed by atoms with Gasteiger partial charge in [-0.25, -0.2) is 0 Å². The molecule has 0 unspecified atom stereocenters. The molecule has 1 aromatic carbocycles. The van der Waals surface area contributed by atoms with Crippen LogP contribution in [0.3, 0.4) is 0 Å². The smallest absolute Gasteiger partial charge is 0.251 e. The highest BCUT2D eigenvalue weighted by Crippen LogP contribution is 2.22. The topological polar surface area (TPSA) is 41.1 Å². The van der Waals surface area contributed by atoms with Crippen molar-refractivity contribution in [1.29, 1.82) is 0 Å². The first-order chi connectivity index (χ1) is 9.69. The SMILES string of the molecule is CCCNC(=O)c1cccc(NCc2ccc(Cl)s2)c1. The number of nitrogens with one attached hydrogen (secondary N) is 2. The molecule has 1 amide bonds. The number of hydrogen-bond donors (Lipinski definition) is 2. The second-order valence-electron chi connectivity index (χ2n) is 4.40. The summed E-state index contributed by atoms with van der Waals surface area (Å²) in [6, 6.07) is 11.4. The number of anilines is 1. The molecule has 0 radical (unpaired) electrons. The van der Waals surface area contributed by atoms with Crippen LogP contribution in [0.5, 0.6) is 0 Å². The number of thiophene rings is 1. The first kappa shape index (κ1) is 14.9. The third kappa shape index (κ3) is 4.25. The van der Waals surface area contributed by atoms with Crippen LogP contribution in [0.25, 0.3) is 0 Å². The zero-order chi connectivity index (χ0) is 14.4. The molecule has 0 fully saturated rings. The van der Waals surface area contributed by atoms with E-state index in [-0.39, 0.29) is 5.91 Å². The largest absolute Gasteiger partial charge is 0.380 e. The van der Waals surface area contributed by atoms with Crippen LogP contribution in [0.2, 0.25) is 4.34 Å². The van der Waals surface area contributed by atoms with Gasteiger partial charge in [0.25, 0.3) is 5.91 Å². The normalized spacial score (nSPS) is 10.3.